The van der Waals surface area contributed by atoms with Gasteiger partial charge in [-0.05, 0) is 19.1 Å². The Bertz CT molecular complexity index is 756. The molecule has 8 heteroatoms. The number of hydrogen-bond acceptors (Lipinski definition) is 5. The van der Waals surface area contributed by atoms with Gasteiger partial charge in [-0.2, -0.15) is 10.4 Å². The van der Waals surface area contributed by atoms with E-state index >= 15 is 0 Å². The van der Waals surface area contributed by atoms with Crippen LogP contribution in [0.3, 0.4) is 0 Å². The van der Waals surface area contributed by atoms with Gasteiger partial charge in [-0.15, -0.1) is 0 Å². The van der Waals surface area contributed by atoms with Crippen molar-refractivity contribution in [1.29, 1.82) is 5.26 Å². The molecule has 0 atom stereocenters. The van der Waals surface area contributed by atoms with Crippen LogP contribution in [0.15, 0.2) is 29.4 Å². The quantitative estimate of drug-likeness (QED) is 0.882. The molecule has 0 aliphatic rings. The second-order valence-electron chi connectivity index (χ2n) is 4.23. The van der Waals surface area contributed by atoms with E-state index in [1.807, 2.05) is 13.0 Å². The number of sulfonamides is 1. The van der Waals surface area contributed by atoms with Gasteiger partial charge in [0.05, 0.1) is 5.69 Å². The zero-order chi connectivity index (χ0) is 14.8. The van der Waals surface area contributed by atoms with Gasteiger partial charge in [-0.3, -0.25) is 4.68 Å². The van der Waals surface area contributed by atoms with Crippen LogP contribution in [0.4, 0.5) is 0 Å². The molecule has 7 nitrogen and oxygen atoms in total. The van der Waals surface area contributed by atoms with Gasteiger partial charge < -0.3 is 0 Å². The fourth-order valence-electron chi connectivity index (χ4n) is 1.68. The predicted molar refractivity (Wildman–Crippen MR) is 70.9 cm³/mol. The summed E-state index contributed by atoms with van der Waals surface area (Å²) in [5.74, 6) is 0. The first-order chi connectivity index (χ1) is 9.42. The van der Waals surface area contributed by atoms with Gasteiger partial charge in [-0.25, -0.2) is 18.1 Å². The van der Waals surface area contributed by atoms with E-state index in [0.717, 1.165) is 17.5 Å². The summed E-state index contributed by atoms with van der Waals surface area (Å²) in [5.41, 5.74) is 1.75. The molecule has 0 aliphatic heterocycles. The maximum atomic E-state index is 12.1. The van der Waals surface area contributed by atoms with E-state index in [-0.39, 0.29) is 17.1 Å². The van der Waals surface area contributed by atoms with Crippen LogP contribution in [0, 0.1) is 18.3 Å². The largest absolute Gasteiger partial charge is 0.275 e. The van der Waals surface area contributed by atoms with Gasteiger partial charge in [0.2, 0.25) is 10.0 Å². The number of nitrogens with zero attached hydrogens (tertiary/aromatic N) is 4. The third-order valence-electron chi connectivity index (χ3n) is 2.73. The van der Waals surface area contributed by atoms with E-state index < -0.39 is 10.0 Å². The minimum Gasteiger partial charge on any atom is -0.275 e. The van der Waals surface area contributed by atoms with Crippen LogP contribution in [0.2, 0.25) is 0 Å². The topological polar surface area (TPSA) is 101 Å². The Kier molecular flexibility index (Phi) is 3.83. The zero-order valence-electron chi connectivity index (χ0n) is 11.0. The summed E-state index contributed by atoms with van der Waals surface area (Å²) >= 11 is 0. The zero-order valence-corrected chi connectivity index (χ0v) is 11.8. The SMILES string of the molecule is Cc1nn(C)cc1CNS(=O)(=O)c1ccc(C#N)nc1. The highest BCUT2D eigenvalue weighted by molar-refractivity contribution is 7.89. The molecular weight excluding hydrogens is 278 g/mol. The number of aryl methyl sites for hydroxylation is 2. The van der Waals surface area contributed by atoms with Crippen LogP contribution in [0.1, 0.15) is 17.0 Å². The Morgan fingerprint density at radius 3 is 2.70 bits per heavy atom. The number of pyridine rings is 1. The molecule has 0 unspecified atom stereocenters. The number of rotatable bonds is 4. The summed E-state index contributed by atoms with van der Waals surface area (Å²) < 4.78 is 28.2. The number of hydrogen-bond donors (Lipinski definition) is 1. The lowest BCUT2D eigenvalue weighted by molar-refractivity contribution is 0.580. The molecule has 2 aromatic rings. The minimum atomic E-state index is -3.65. The monoisotopic (exact) mass is 291 g/mol. The van der Waals surface area contributed by atoms with Gasteiger partial charge >= 0.3 is 0 Å². The van der Waals surface area contributed by atoms with E-state index in [2.05, 4.69) is 14.8 Å². The van der Waals surface area contributed by atoms with Crippen molar-refractivity contribution in [3.05, 3.63) is 41.5 Å². The second-order valence-corrected chi connectivity index (χ2v) is 6.00. The Balaban J connectivity index is 2.15. The molecule has 0 radical (unpaired) electrons. The Morgan fingerprint density at radius 2 is 2.20 bits per heavy atom. The lowest BCUT2D eigenvalue weighted by atomic mass is 10.3. The van der Waals surface area contributed by atoms with E-state index in [9.17, 15) is 8.42 Å². The molecule has 0 aromatic carbocycles. The summed E-state index contributed by atoms with van der Waals surface area (Å²) in [6.45, 7) is 1.97. The van der Waals surface area contributed by atoms with Crippen molar-refractivity contribution in [1.82, 2.24) is 19.5 Å². The minimum absolute atomic E-state index is 0.0260. The summed E-state index contributed by atoms with van der Waals surface area (Å²) in [6.07, 6.45) is 2.92. The van der Waals surface area contributed by atoms with Crippen LogP contribution in [0.25, 0.3) is 0 Å². The highest BCUT2D eigenvalue weighted by Crippen LogP contribution is 2.10. The fourth-order valence-corrected chi connectivity index (χ4v) is 2.63. The summed E-state index contributed by atoms with van der Waals surface area (Å²) in [5, 5.41) is 12.8. The first-order valence-electron chi connectivity index (χ1n) is 5.77. The Labute approximate surface area is 116 Å². The van der Waals surface area contributed by atoms with Gasteiger partial charge in [0, 0.05) is 31.5 Å². The highest BCUT2D eigenvalue weighted by Gasteiger charge is 2.15. The fraction of sp³-hybridized carbons (Fsp3) is 0.250. The smallest absolute Gasteiger partial charge is 0.242 e. The van der Waals surface area contributed by atoms with Gasteiger partial charge in [0.1, 0.15) is 16.7 Å². The molecule has 0 fully saturated rings. The summed E-state index contributed by atoms with van der Waals surface area (Å²) in [6, 6.07) is 4.55. The molecule has 0 spiro atoms. The first-order valence-corrected chi connectivity index (χ1v) is 7.25. The average molecular weight is 291 g/mol. The molecule has 0 amide bonds. The molecular formula is C12H13N5O2S. The van der Waals surface area contributed by atoms with Crippen LogP contribution < -0.4 is 4.72 Å². The standard InChI is InChI=1S/C12H13N5O2S/c1-9-10(8-17(2)16-9)6-15-20(18,19)12-4-3-11(5-13)14-7-12/h3-4,7-8,15H,6H2,1-2H3. The number of nitrogens with one attached hydrogen (secondary N) is 1. The van der Waals surface area contributed by atoms with Crippen molar-refractivity contribution >= 4 is 10.0 Å². The summed E-state index contributed by atoms with van der Waals surface area (Å²) in [4.78, 5) is 3.77. The molecule has 2 heterocycles. The molecule has 0 saturated heterocycles. The maximum absolute atomic E-state index is 12.1. The summed E-state index contributed by atoms with van der Waals surface area (Å²) in [7, 11) is -1.88. The molecule has 0 saturated carbocycles. The predicted octanol–water partition coefficient (Wildman–Crippen LogP) is 0.474. The van der Waals surface area contributed by atoms with Crippen molar-refractivity contribution in [2.45, 2.75) is 18.4 Å². The van der Waals surface area contributed by atoms with E-state index in [1.165, 1.54) is 12.1 Å². The van der Waals surface area contributed by atoms with Crippen molar-refractivity contribution < 1.29 is 8.42 Å². The number of aromatic nitrogens is 3. The van der Waals surface area contributed by atoms with Gasteiger partial charge in [0.15, 0.2) is 0 Å². The molecule has 104 valence electrons. The second kappa shape index (κ2) is 5.40. The maximum Gasteiger partial charge on any atom is 0.242 e. The van der Waals surface area contributed by atoms with Crippen LogP contribution in [0.5, 0.6) is 0 Å². The highest BCUT2D eigenvalue weighted by atomic mass is 32.2. The third kappa shape index (κ3) is 3.01. The van der Waals surface area contributed by atoms with Crippen molar-refractivity contribution in [3.63, 3.8) is 0 Å². The lowest BCUT2D eigenvalue weighted by Gasteiger charge is -2.05. The third-order valence-corrected chi connectivity index (χ3v) is 4.12. The van der Waals surface area contributed by atoms with E-state index in [4.69, 9.17) is 5.26 Å². The normalized spacial score (nSPS) is 11.2. The van der Waals surface area contributed by atoms with Gasteiger partial charge in [-0.1, -0.05) is 0 Å². The lowest BCUT2D eigenvalue weighted by Crippen LogP contribution is -2.23. The van der Waals surface area contributed by atoms with Crippen LogP contribution >= 0.6 is 0 Å². The average Bonchev–Trinajstić information content (AvgIpc) is 2.75. The van der Waals surface area contributed by atoms with E-state index in [1.54, 1.807) is 17.9 Å². The molecule has 2 rings (SSSR count). The Hall–Kier alpha value is -2.24. The van der Waals surface area contributed by atoms with Crippen molar-refractivity contribution in [3.8, 4) is 6.07 Å². The molecule has 2 aromatic heterocycles. The van der Waals surface area contributed by atoms with E-state index in [0.29, 0.717) is 0 Å². The molecule has 0 bridgehead atoms. The first kappa shape index (κ1) is 14.2. The van der Waals surface area contributed by atoms with Crippen LogP contribution in [-0.2, 0) is 23.6 Å². The Morgan fingerprint density at radius 1 is 1.45 bits per heavy atom. The van der Waals surface area contributed by atoms with Crippen molar-refractivity contribution in [2.75, 3.05) is 0 Å². The van der Waals surface area contributed by atoms with Crippen LogP contribution in [-0.4, -0.2) is 23.2 Å². The number of nitriles is 1. The molecule has 1 N–H and O–H groups in total. The van der Waals surface area contributed by atoms with Gasteiger partial charge in [0.25, 0.3) is 0 Å². The van der Waals surface area contributed by atoms with Crippen molar-refractivity contribution in [2.24, 2.45) is 7.05 Å². The molecule has 20 heavy (non-hydrogen) atoms. The molecule has 0 aliphatic carbocycles.